The van der Waals surface area contributed by atoms with Crippen molar-refractivity contribution in [2.75, 3.05) is 12.9 Å². The second-order valence-electron chi connectivity index (χ2n) is 2.98. The molecule has 0 aromatic carbocycles. The van der Waals surface area contributed by atoms with Crippen molar-refractivity contribution >= 4 is 21.7 Å². The minimum atomic E-state index is -3.39. The Hall–Kier alpha value is -0.590. The van der Waals surface area contributed by atoms with Crippen molar-refractivity contribution in [2.45, 2.75) is 13.0 Å². The van der Waals surface area contributed by atoms with Gasteiger partial charge in [0.1, 0.15) is 0 Å². The molecule has 0 aliphatic rings. The zero-order chi connectivity index (χ0) is 10.8. The number of hydrogen-bond acceptors (Lipinski definition) is 4. The standard InChI is InChI=1S/C7H11ClN2O3S/c1-6(5-13-14(2,11)12)10-4-7(8)3-9-10/h3-4,6H,5H2,1-2H3. The van der Waals surface area contributed by atoms with Crippen LogP contribution >= 0.6 is 11.6 Å². The summed E-state index contributed by atoms with van der Waals surface area (Å²) in [7, 11) is -3.39. The Labute approximate surface area is 87.7 Å². The zero-order valence-electron chi connectivity index (χ0n) is 7.84. The van der Waals surface area contributed by atoms with Gasteiger partial charge in [0.25, 0.3) is 10.1 Å². The van der Waals surface area contributed by atoms with Crippen LogP contribution in [0.5, 0.6) is 0 Å². The molecule has 0 saturated heterocycles. The van der Waals surface area contributed by atoms with Crippen molar-refractivity contribution in [3.05, 3.63) is 17.4 Å². The lowest BCUT2D eigenvalue weighted by atomic mass is 10.4. The van der Waals surface area contributed by atoms with Gasteiger partial charge < -0.3 is 0 Å². The topological polar surface area (TPSA) is 61.2 Å². The smallest absolute Gasteiger partial charge is 0.264 e. The fourth-order valence-electron chi connectivity index (χ4n) is 0.854. The number of rotatable bonds is 4. The summed E-state index contributed by atoms with van der Waals surface area (Å²) in [6.45, 7) is 1.84. The fraction of sp³-hybridized carbons (Fsp3) is 0.571. The maximum Gasteiger partial charge on any atom is 0.264 e. The van der Waals surface area contributed by atoms with E-state index in [1.54, 1.807) is 17.8 Å². The van der Waals surface area contributed by atoms with Gasteiger partial charge in [0.2, 0.25) is 0 Å². The van der Waals surface area contributed by atoms with Crippen LogP contribution in [0.1, 0.15) is 13.0 Å². The summed E-state index contributed by atoms with van der Waals surface area (Å²) in [5, 5.41) is 4.44. The first kappa shape index (κ1) is 11.5. The highest BCUT2D eigenvalue weighted by Crippen LogP contribution is 2.11. The molecular formula is C7H11ClN2O3S. The van der Waals surface area contributed by atoms with Crippen molar-refractivity contribution < 1.29 is 12.6 Å². The number of aromatic nitrogens is 2. The molecule has 0 aliphatic heterocycles. The minimum absolute atomic E-state index is 0.0524. The molecule has 7 heteroatoms. The SMILES string of the molecule is CC(COS(C)(=O)=O)n1cc(Cl)cn1. The third kappa shape index (κ3) is 3.65. The molecule has 80 valence electrons. The van der Waals surface area contributed by atoms with E-state index in [4.69, 9.17) is 11.6 Å². The first-order valence-electron chi connectivity index (χ1n) is 3.92. The van der Waals surface area contributed by atoms with Gasteiger partial charge in [-0.05, 0) is 6.92 Å². The number of hydrogen-bond donors (Lipinski definition) is 0. The molecular weight excluding hydrogens is 228 g/mol. The molecule has 0 N–H and O–H groups in total. The highest BCUT2D eigenvalue weighted by Gasteiger charge is 2.10. The molecule has 1 aromatic heterocycles. The summed E-state index contributed by atoms with van der Waals surface area (Å²) in [6, 6.07) is -0.169. The lowest BCUT2D eigenvalue weighted by Gasteiger charge is -2.10. The normalized spacial score (nSPS) is 14.2. The Kier molecular flexibility index (Phi) is 3.52. The highest BCUT2D eigenvalue weighted by atomic mass is 35.5. The van der Waals surface area contributed by atoms with E-state index in [2.05, 4.69) is 9.28 Å². The van der Waals surface area contributed by atoms with Crippen LogP contribution in [0.25, 0.3) is 0 Å². The maximum atomic E-state index is 10.7. The Bertz CT molecular complexity index is 401. The van der Waals surface area contributed by atoms with E-state index in [9.17, 15) is 8.42 Å². The first-order valence-corrected chi connectivity index (χ1v) is 6.12. The van der Waals surface area contributed by atoms with Crippen LogP contribution < -0.4 is 0 Å². The quantitative estimate of drug-likeness (QED) is 0.737. The summed E-state index contributed by atoms with van der Waals surface area (Å²) in [5.74, 6) is 0. The average molecular weight is 239 g/mol. The van der Waals surface area contributed by atoms with Gasteiger partial charge in [-0.2, -0.15) is 13.5 Å². The summed E-state index contributed by atoms with van der Waals surface area (Å²) in [6.07, 6.45) is 4.10. The molecule has 5 nitrogen and oxygen atoms in total. The molecule has 0 fully saturated rings. The van der Waals surface area contributed by atoms with Crippen molar-refractivity contribution in [1.82, 2.24) is 9.78 Å². The molecule has 1 unspecified atom stereocenters. The molecule has 14 heavy (non-hydrogen) atoms. The second kappa shape index (κ2) is 4.29. The Balaban J connectivity index is 2.55. The molecule has 1 rings (SSSR count). The number of nitrogens with zero attached hydrogens (tertiary/aromatic N) is 2. The van der Waals surface area contributed by atoms with E-state index in [1.165, 1.54) is 6.20 Å². The monoisotopic (exact) mass is 238 g/mol. The van der Waals surface area contributed by atoms with E-state index < -0.39 is 10.1 Å². The Morgan fingerprint density at radius 3 is 2.79 bits per heavy atom. The van der Waals surface area contributed by atoms with Gasteiger partial charge in [0.15, 0.2) is 0 Å². The van der Waals surface area contributed by atoms with E-state index in [0.717, 1.165) is 6.26 Å². The summed E-state index contributed by atoms with van der Waals surface area (Å²) >= 11 is 5.65. The molecule has 1 heterocycles. The molecule has 0 amide bonds. The Morgan fingerprint density at radius 2 is 2.36 bits per heavy atom. The van der Waals surface area contributed by atoms with E-state index in [1.807, 2.05) is 0 Å². The predicted molar refractivity (Wildman–Crippen MR) is 52.7 cm³/mol. The Morgan fingerprint density at radius 1 is 1.71 bits per heavy atom. The summed E-state index contributed by atoms with van der Waals surface area (Å²) in [5.41, 5.74) is 0. The van der Waals surface area contributed by atoms with Gasteiger partial charge in [-0.1, -0.05) is 11.6 Å². The van der Waals surface area contributed by atoms with E-state index in [0.29, 0.717) is 5.02 Å². The van der Waals surface area contributed by atoms with E-state index in [-0.39, 0.29) is 12.6 Å². The predicted octanol–water partition coefficient (Wildman–Crippen LogP) is 1.07. The lowest BCUT2D eigenvalue weighted by Crippen LogP contribution is -2.15. The maximum absolute atomic E-state index is 10.7. The summed E-state index contributed by atoms with van der Waals surface area (Å²) in [4.78, 5) is 0. The van der Waals surface area contributed by atoms with Crippen LogP contribution in [-0.2, 0) is 14.3 Å². The molecule has 1 atom stereocenters. The number of halogens is 1. The van der Waals surface area contributed by atoms with Gasteiger partial charge >= 0.3 is 0 Å². The van der Waals surface area contributed by atoms with Crippen LogP contribution in [0.2, 0.25) is 5.02 Å². The van der Waals surface area contributed by atoms with Crippen molar-refractivity contribution in [1.29, 1.82) is 0 Å². The third-order valence-electron chi connectivity index (χ3n) is 1.54. The molecule has 0 bridgehead atoms. The van der Waals surface area contributed by atoms with Gasteiger partial charge in [0, 0.05) is 6.20 Å². The fourth-order valence-corrected chi connectivity index (χ4v) is 1.44. The largest absolute Gasteiger partial charge is 0.268 e. The van der Waals surface area contributed by atoms with Gasteiger partial charge in [0.05, 0.1) is 30.1 Å². The van der Waals surface area contributed by atoms with Gasteiger partial charge in [-0.3, -0.25) is 8.86 Å². The van der Waals surface area contributed by atoms with Crippen LogP contribution in [-0.4, -0.2) is 31.1 Å². The zero-order valence-corrected chi connectivity index (χ0v) is 9.42. The van der Waals surface area contributed by atoms with Crippen molar-refractivity contribution in [2.24, 2.45) is 0 Å². The first-order chi connectivity index (χ1) is 6.38. The highest BCUT2D eigenvalue weighted by molar-refractivity contribution is 7.85. The van der Waals surface area contributed by atoms with Crippen LogP contribution in [0.4, 0.5) is 0 Å². The molecule has 1 aromatic rings. The van der Waals surface area contributed by atoms with Crippen LogP contribution in [0.15, 0.2) is 12.4 Å². The summed E-state index contributed by atoms with van der Waals surface area (Å²) < 4.78 is 27.6. The second-order valence-corrected chi connectivity index (χ2v) is 5.06. The molecule has 0 aliphatic carbocycles. The molecule has 0 radical (unpaired) electrons. The van der Waals surface area contributed by atoms with Crippen LogP contribution in [0.3, 0.4) is 0 Å². The molecule has 0 spiro atoms. The molecule has 0 saturated carbocycles. The van der Waals surface area contributed by atoms with Gasteiger partial charge in [-0.15, -0.1) is 0 Å². The minimum Gasteiger partial charge on any atom is -0.268 e. The van der Waals surface area contributed by atoms with Crippen LogP contribution in [0, 0.1) is 0 Å². The third-order valence-corrected chi connectivity index (χ3v) is 2.30. The average Bonchev–Trinajstić information content (AvgIpc) is 2.46. The van der Waals surface area contributed by atoms with Crippen molar-refractivity contribution in [3.63, 3.8) is 0 Å². The van der Waals surface area contributed by atoms with E-state index >= 15 is 0 Å². The van der Waals surface area contributed by atoms with Gasteiger partial charge in [-0.25, -0.2) is 0 Å². The lowest BCUT2D eigenvalue weighted by molar-refractivity contribution is 0.258. The van der Waals surface area contributed by atoms with Crippen molar-refractivity contribution in [3.8, 4) is 0 Å².